The molecule has 1 amide bonds. The highest BCUT2D eigenvalue weighted by Gasteiger charge is 2.11. The van der Waals surface area contributed by atoms with Crippen molar-refractivity contribution in [2.45, 2.75) is 6.92 Å². The second-order valence-electron chi connectivity index (χ2n) is 5.34. The molecule has 1 aromatic heterocycles. The topological polar surface area (TPSA) is 66.9 Å². The van der Waals surface area contributed by atoms with E-state index in [1.54, 1.807) is 0 Å². The number of benzene rings is 2. The van der Waals surface area contributed by atoms with Crippen LogP contribution in [0.15, 0.2) is 54.7 Å². The van der Waals surface area contributed by atoms with E-state index in [0.717, 1.165) is 23.4 Å². The maximum atomic E-state index is 13.2. The summed E-state index contributed by atoms with van der Waals surface area (Å²) in [6, 6.07) is 12.1. The van der Waals surface area contributed by atoms with Crippen molar-refractivity contribution in [1.82, 2.24) is 9.97 Å². The summed E-state index contributed by atoms with van der Waals surface area (Å²) in [4.78, 5) is 20.4. The number of halogens is 2. The molecular formula is C18H14F2N4O. The number of hydrogen-bond donors (Lipinski definition) is 2. The molecule has 0 aliphatic rings. The molecule has 126 valence electrons. The first-order valence-electron chi connectivity index (χ1n) is 7.44. The van der Waals surface area contributed by atoms with Gasteiger partial charge in [0.2, 0.25) is 5.95 Å². The number of nitrogens with one attached hydrogen (secondary N) is 2. The minimum Gasteiger partial charge on any atom is -0.324 e. The normalized spacial score (nSPS) is 10.4. The van der Waals surface area contributed by atoms with E-state index >= 15 is 0 Å². The highest BCUT2D eigenvalue weighted by molar-refractivity contribution is 6.03. The van der Waals surface area contributed by atoms with Crippen LogP contribution in [0.2, 0.25) is 0 Å². The third-order valence-corrected chi connectivity index (χ3v) is 3.34. The van der Waals surface area contributed by atoms with Crippen molar-refractivity contribution in [1.29, 1.82) is 0 Å². The van der Waals surface area contributed by atoms with E-state index in [1.807, 2.05) is 31.2 Å². The molecule has 0 aliphatic carbocycles. The van der Waals surface area contributed by atoms with Gasteiger partial charge in [0.25, 0.3) is 5.91 Å². The molecule has 2 N–H and O–H groups in total. The predicted octanol–water partition coefficient (Wildman–Crippen LogP) is 4.06. The SMILES string of the molecule is Cc1cccc(Nc2nccc(C(=O)Nc3ccc(F)c(F)c3)n2)c1. The Labute approximate surface area is 142 Å². The van der Waals surface area contributed by atoms with Crippen molar-refractivity contribution >= 4 is 23.2 Å². The average Bonchev–Trinajstić information content (AvgIpc) is 2.58. The van der Waals surface area contributed by atoms with E-state index in [9.17, 15) is 13.6 Å². The molecule has 25 heavy (non-hydrogen) atoms. The van der Waals surface area contributed by atoms with Gasteiger partial charge in [0, 0.05) is 23.6 Å². The standard InChI is InChI=1S/C18H14F2N4O/c1-11-3-2-4-12(9-11)23-18-21-8-7-16(24-18)17(25)22-13-5-6-14(19)15(20)10-13/h2-10H,1H3,(H,22,25)(H,21,23,24). The van der Waals surface area contributed by atoms with Crippen LogP contribution < -0.4 is 10.6 Å². The molecule has 0 atom stereocenters. The average molecular weight is 340 g/mol. The molecule has 0 unspecified atom stereocenters. The van der Waals surface area contributed by atoms with Crippen LogP contribution in [0.4, 0.5) is 26.1 Å². The molecule has 5 nitrogen and oxygen atoms in total. The number of hydrogen-bond acceptors (Lipinski definition) is 4. The van der Waals surface area contributed by atoms with Crippen LogP contribution in [0.5, 0.6) is 0 Å². The fourth-order valence-corrected chi connectivity index (χ4v) is 2.17. The van der Waals surface area contributed by atoms with Gasteiger partial charge < -0.3 is 10.6 Å². The summed E-state index contributed by atoms with van der Waals surface area (Å²) in [6.45, 7) is 1.96. The molecule has 0 spiro atoms. The van der Waals surface area contributed by atoms with Crippen LogP contribution in [0.1, 0.15) is 16.1 Å². The Morgan fingerprint density at radius 2 is 1.84 bits per heavy atom. The van der Waals surface area contributed by atoms with E-state index in [1.165, 1.54) is 18.3 Å². The van der Waals surface area contributed by atoms with Crippen molar-refractivity contribution in [3.05, 3.63) is 77.6 Å². The third kappa shape index (κ3) is 4.14. The van der Waals surface area contributed by atoms with Crippen LogP contribution in [-0.4, -0.2) is 15.9 Å². The zero-order valence-electron chi connectivity index (χ0n) is 13.3. The van der Waals surface area contributed by atoms with Crippen molar-refractivity contribution in [3.63, 3.8) is 0 Å². The van der Waals surface area contributed by atoms with Gasteiger partial charge in [-0.3, -0.25) is 4.79 Å². The Morgan fingerprint density at radius 1 is 1.00 bits per heavy atom. The van der Waals surface area contributed by atoms with E-state index in [0.29, 0.717) is 0 Å². The molecule has 3 rings (SSSR count). The number of amides is 1. The molecule has 0 saturated heterocycles. The van der Waals surface area contributed by atoms with Gasteiger partial charge in [-0.2, -0.15) is 0 Å². The van der Waals surface area contributed by atoms with Crippen molar-refractivity contribution in [3.8, 4) is 0 Å². The van der Waals surface area contributed by atoms with Gasteiger partial charge in [-0.25, -0.2) is 18.7 Å². The zero-order valence-corrected chi connectivity index (χ0v) is 13.3. The maximum Gasteiger partial charge on any atom is 0.274 e. The second kappa shape index (κ2) is 7.04. The number of anilines is 3. The first-order valence-corrected chi connectivity index (χ1v) is 7.44. The lowest BCUT2D eigenvalue weighted by molar-refractivity contribution is 0.102. The molecule has 0 bridgehead atoms. The van der Waals surface area contributed by atoms with Crippen molar-refractivity contribution in [2.75, 3.05) is 10.6 Å². The monoisotopic (exact) mass is 340 g/mol. The first-order chi connectivity index (χ1) is 12.0. The lowest BCUT2D eigenvalue weighted by Crippen LogP contribution is -2.15. The van der Waals surface area contributed by atoms with Crippen LogP contribution in [-0.2, 0) is 0 Å². The Morgan fingerprint density at radius 3 is 2.60 bits per heavy atom. The number of carbonyl (C=O) groups excluding carboxylic acids is 1. The molecule has 1 heterocycles. The summed E-state index contributed by atoms with van der Waals surface area (Å²) in [6.07, 6.45) is 1.44. The van der Waals surface area contributed by atoms with Gasteiger partial charge in [-0.05, 0) is 42.8 Å². The zero-order chi connectivity index (χ0) is 17.8. The Kier molecular flexibility index (Phi) is 4.65. The predicted molar refractivity (Wildman–Crippen MR) is 90.8 cm³/mol. The molecule has 3 aromatic rings. The van der Waals surface area contributed by atoms with Crippen LogP contribution >= 0.6 is 0 Å². The summed E-state index contributed by atoms with van der Waals surface area (Å²) < 4.78 is 26.1. The van der Waals surface area contributed by atoms with Gasteiger partial charge in [-0.1, -0.05) is 12.1 Å². The number of rotatable bonds is 4. The summed E-state index contributed by atoms with van der Waals surface area (Å²) >= 11 is 0. The van der Waals surface area contributed by atoms with Gasteiger partial charge in [0.15, 0.2) is 11.6 Å². The van der Waals surface area contributed by atoms with E-state index in [4.69, 9.17) is 0 Å². The fraction of sp³-hybridized carbons (Fsp3) is 0.0556. The minimum absolute atomic E-state index is 0.0925. The lowest BCUT2D eigenvalue weighted by atomic mass is 10.2. The highest BCUT2D eigenvalue weighted by atomic mass is 19.2. The summed E-state index contributed by atoms with van der Waals surface area (Å²) in [5.41, 5.74) is 2.08. The van der Waals surface area contributed by atoms with Crippen molar-refractivity contribution in [2.24, 2.45) is 0 Å². The summed E-state index contributed by atoms with van der Waals surface area (Å²) in [5, 5.41) is 5.47. The number of aromatic nitrogens is 2. The molecular weight excluding hydrogens is 326 g/mol. The summed E-state index contributed by atoms with van der Waals surface area (Å²) in [5.74, 6) is -2.32. The Hall–Kier alpha value is -3.35. The van der Waals surface area contributed by atoms with Gasteiger partial charge in [0.1, 0.15) is 5.69 Å². The Balaban J connectivity index is 1.76. The largest absolute Gasteiger partial charge is 0.324 e. The quantitative estimate of drug-likeness (QED) is 0.752. The first kappa shape index (κ1) is 16.5. The molecule has 0 fully saturated rings. The number of aryl methyl sites for hydroxylation is 1. The van der Waals surface area contributed by atoms with Crippen LogP contribution in [0, 0.1) is 18.6 Å². The highest BCUT2D eigenvalue weighted by Crippen LogP contribution is 2.16. The molecule has 0 aliphatic heterocycles. The molecule has 0 radical (unpaired) electrons. The van der Waals surface area contributed by atoms with E-state index in [-0.39, 0.29) is 17.3 Å². The lowest BCUT2D eigenvalue weighted by Gasteiger charge is -2.08. The van der Waals surface area contributed by atoms with Gasteiger partial charge in [-0.15, -0.1) is 0 Å². The fourth-order valence-electron chi connectivity index (χ4n) is 2.17. The smallest absolute Gasteiger partial charge is 0.274 e. The maximum absolute atomic E-state index is 13.2. The summed E-state index contributed by atoms with van der Waals surface area (Å²) in [7, 11) is 0. The number of nitrogens with zero attached hydrogens (tertiary/aromatic N) is 2. The van der Waals surface area contributed by atoms with E-state index in [2.05, 4.69) is 20.6 Å². The number of carbonyl (C=O) groups is 1. The van der Waals surface area contributed by atoms with Crippen LogP contribution in [0.25, 0.3) is 0 Å². The van der Waals surface area contributed by atoms with Crippen molar-refractivity contribution < 1.29 is 13.6 Å². The second-order valence-corrected chi connectivity index (χ2v) is 5.34. The van der Waals surface area contributed by atoms with Gasteiger partial charge in [0.05, 0.1) is 0 Å². The van der Waals surface area contributed by atoms with Crippen LogP contribution in [0.3, 0.4) is 0 Å². The third-order valence-electron chi connectivity index (χ3n) is 3.34. The molecule has 2 aromatic carbocycles. The van der Waals surface area contributed by atoms with Gasteiger partial charge >= 0.3 is 0 Å². The van der Waals surface area contributed by atoms with E-state index < -0.39 is 17.5 Å². The Bertz CT molecular complexity index is 930. The molecule has 0 saturated carbocycles. The molecule has 7 heteroatoms. The minimum atomic E-state index is -1.04.